The SMILES string of the molecule is C[C@@H]1[C@H]2[C@H]3CC[C@@H]4[C@]5(C)[C@@H](CC[C@@]4(C)[C@]3(C)CC[C@@]2(C)CC[C@H]1C)C(C)(C)CC(O)(O)C5(O)C(=O)O. The van der Waals surface area contributed by atoms with Crippen LogP contribution in [0.15, 0.2) is 0 Å². The van der Waals surface area contributed by atoms with Crippen LogP contribution < -0.4 is 0 Å². The molecule has 5 fully saturated rings. The minimum Gasteiger partial charge on any atom is -0.479 e. The molecule has 5 heteroatoms. The molecule has 5 rings (SSSR count). The highest BCUT2D eigenvalue weighted by Gasteiger charge is 2.80. The zero-order chi connectivity index (χ0) is 26.9. The summed E-state index contributed by atoms with van der Waals surface area (Å²) in [6, 6.07) is 0. The molecule has 4 N–H and O–H groups in total. The summed E-state index contributed by atoms with van der Waals surface area (Å²) in [5.74, 6) is -1.71. The van der Waals surface area contributed by atoms with E-state index in [2.05, 4.69) is 34.6 Å². The monoisotopic (exact) mass is 504 g/mol. The Labute approximate surface area is 218 Å². The third-order valence-electron chi connectivity index (χ3n) is 14.5. The van der Waals surface area contributed by atoms with Crippen LogP contribution in [-0.2, 0) is 4.79 Å². The highest BCUT2D eigenvalue weighted by Crippen LogP contribution is 2.78. The topological polar surface area (TPSA) is 98.0 Å². The maximum absolute atomic E-state index is 12.8. The molecule has 0 radical (unpaired) electrons. The van der Waals surface area contributed by atoms with Gasteiger partial charge in [-0.3, -0.25) is 0 Å². The molecule has 5 saturated carbocycles. The van der Waals surface area contributed by atoms with Gasteiger partial charge in [-0.2, -0.15) is 0 Å². The van der Waals surface area contributed by atoms with E-state index in [4.69, 9.17) is 0 Å². The summed E-state index contributed by atoms with van der Waals surface area (Å²) in [5.41, 5.74) is -4.00. The first-order valence-corrected chi connectivity index (χ1v) is 14.7. The largest absolute Gasteiger partial charge is 0.479 e. The number of carbonyl (C=O) groups is 1. The van der Waals surface area contributed by atoms with E-state index in [9.17, 15) is 25.2 Å². The van der Waals surface area contributed by atoms with Crippen molar-refractivity contribution in [2.75, 3.05) is 0 Å². The normalized spacial score (nSPS) is 57.5. The Balaban J connectivity index is 1.65. The van der Waals surface area contributed by atoms with E-state index in [1.807, 2.05) is 20.8 Å². The Morgan fingerprint density at radius 1 is 0.750 bits per heavy atom. The van der Waals surface area contributed by atoms with E-state index in [0.29, 0.717) is 23.2 Å². The zero-order valence-electron chi connectivity index (χ0n) is 24.0. The molecule has 0 aromatic heterocycles. The summed E-state index contributed by atoms with van der Waals surface area (Å²) >= 11 is 0. The molecule has 206 valence electrons. The van der Waals surface area contributed by atoms with Crippen molar-refractivity contribution < 1.29 is 25.2 Å². The highest BCUT2D eigenvalue weighted by atomic mass is 16.5. The number of aliphatic hydroxyl groups is 3. The number of aliphatic carboxylic acids is 1. The summed E-state index contributed by atoms with van der Waals surface area (Å²) in [4.78, 5) is 12.8. The molecule has 0 bridgehead atoms. The van der Waals surface area contributed by atoms with Gasteiger partial charge in [0, 0.05) is 11.8 Å². The van der Waals surface area contributed by atoms with E-state index in [-0.39, 0.29) is 29.1 Å². The smallest absolute Gasteiger partial charge is 0.342 e. The van der Waals surface area contributed by atoms with E-state index in [0.717, 1.165) is 38.0 Å². The molecule has 0 aliphatic heterocycles. The zero-order valence-corrected chi connectivity index (χ0v) is 24.0. The lowest BCUT2D eigenvalue weighted by Gasteiger charge is -2.75. The number of carboxylic acid groups (broad SMARTS) is 1. The molecule has 5 aliphatic rings. The Kier molecular flexibility index (Phi) is 5.62. The lowest BCUT2D eigenvalue weighted by atomic mass is 9.29. The van der Waals surface area contributed by atoms with Gasteiger partial charge in [0.05, 0.1) is 0 Å². The van der Waals surface area contributed by atoms with Crippen LogP contribution in [0.4, 0.5) is 0 Å². The van der Waals surface area contributed by atoms with Crippen LogP contribution in [0.1, 0.15) is 113 Å². The molecule has 0 saturated heterocycles. The second-order valence-electron chi connectivity index (χ2n) is 16.0. The van der Waals surface area contributed by atoms with Gasteiger partial charge in [-0.1, -0.05) is 55.4 Å². The molecule has 5 aliphatic carbocycles. The molecule has 0 aromatic rings. The van der Waals surface area contributed by atoms with Gasteiger partial charge in [0.1, 0.15) is 0 Å². The second kappa shape index (κ2) is 7.50. The number of fused-ring (bicyclic) bond motifs is 7. The van der Waals surface area contributed by atoms with E-state index < -0.39 is 28.2 Å². The van der Waals surface area contributed by atoms with Crippen LogP contribution in [0.2, 0.25) is 0 Å². The molecule has 1 unspecified atom stereocenters. The van der Waals surface area contributed by atoms with E-state index in [1.54, 1.807) is 0 Å². The minimum atomic E-state index is -2.68. The quantitative estimate of drug-likeness (QED) is 0.336. The van der Waals surface area contributed by atoms with Crippen LogP contribution >= 0.6 is 0 Å². The number of hydrogen-bond acceptors (Lipinski definition) is 4. The molecule has 36 heavy (non-hydrogen) atoms. The van der Waals surface area contributed by atoms with Crippen molar-refractivity contribution in [3.8, 4) is 0 Å². The summed E-state index contributed by atoms with van der Waals surface area (Å²) < 4.78 is 0. The summed E-state index contributed by atoms with van der Waals surface area (Å²) in [7, 11) is 0. The third-order valence-corrected chi connectivity index (χ3v) is 14.5. The average Bonchev–Trinajstić information content (AvgIpc) is 2.75. The van der Waals surface area contributed by atoms with Crippen molar-refractivity contribution in [1.29, 1.82) is 0 Å². The Morgan fingerprint density at radius 2 is 1.39 bits per heavy atom. The van der Waals surface area contributed by atoms with E-state index >= 15 is 0 Å². The number of hydrogen-bond donors (Lipinski definition) is 4. The Morgan fingerprint density at radius 3 is 2.00 bits per heavy atom. The van der Waals surface area contributed by atoms with Crippen LogP contribution in [0.25, 0.3) is 0 Å². The van der Waals surface area contributed by atoms with Gasteiger partial charge in [0.15, 0.2) is 0 Å². The van der Waals surface area contributed by atoms with Crippen molar-refractivity contribution in [3.63, 3.8) is 0 Å². The fourth-order valence-electron chi connectivity index (χ4n) is 12.4. The first-order chi connectivity index (χ1) is 16.3. The third kappa shape index (κ3) is 2.87. The standard InChI is InChI=1S/C31H52O5/c1-18-11-13-26(5)15-16-27(6)20(23(26)19(18)2)9-10-22-28(27,7)14-12-21-25(3,4)17-30(34,35)31(36,24(32)33)29(21,22)8/h18-23,34-36H,9-17H2,1-8H3,(H,32,33)/t18-,19+,20-,21+,22+,23+,26-,27-,28-,29+,31?/m1/s1. The second-order valence-corrected chi connectivity index (χ2v) is 16.0. The number of rotatable bonds is 1. The van der Waals surface area contributed by atoms with Gasteiger partial charge in [-0.15, -0.1) is 0 Å². The molecule has 5 nitrogen and oxygen atoms in total. The summed E-state index contributed by atoms with van der Waals surface area (Å²) in [6.07, 6.45) is 8.55. The maximum Gasteiger partial charge on any atom is 0.342 e. The Hall–Kier alpha value is -0.650. The first kappa shape index (κ1) is 26.9. The Bertz CT molecular complexity index is 943. The predicted molar refractivity (Wildman–Crippen MR) is 140 cm³/mol. The van der Waals surface area contributed by atoms with Gasteiger partial charge in [0.25, 0.3) is 0 Å². The highest BCUT2D eigenvalue weighted by molar-refractivity contribution is 5.80. The molecule has 0 spiro atoms. The van der Waals surface area contributed by atoms with Gasteiger partial charge < -0.3 is 20.4 Å². The first-order valence-electron chi connectivity index (χ1n) is 14.7. The van der Waals surface area contributed by atoms with Crippen molar-refractivity contribution >= 4 is 5.97 Å². The molecule has 0 heterocycles. The van der Waals surface area contributed by atoms with Crippen LogP contribution in [0.5, 0.6) is 0 Å². The summed E-state index contributed by atoms with van der Waals surface area (Å²) in [5, 5.41) is 45.0. The van der Waals surface area contributed by atoms with Crippen molar-refractivity contribution in [2.45, 2.75) is 125 Å². The predicted octanol–water partition coefficient (Wildman–Crippen LogP) is 5.85. The fraction of sp³-hybridized carbons (Fsp3) is 0.968. The molecular formula is C31H52O5. The van der Waals surface area contributed by atoms with Crippen LogP contribution in [0, 0.1) is 62.6 Å². The number of carboxylic acids is 1. The van der Waals surface area contributed by atoms with Crippen molar-refractivity contribution in [2.24, 2.45) is 62.6 Å². The molecular weight excluding hydrogens is 452 g/mol. The summed E-state index contributed by atoms with van der Waals surface area (Å²) in [6.45, 7) is 18.3. The van der Waals surface area contributed by atoms with Crippen LogP contribution in [0.3, 0.4) is 0 Å². The van der Waals surface area contributed by atoms with Gasteiger partial charge >= 0.3 is 5.97 Å². The van der Waals surface area contributed by atoms with Gasteiger partial charge in [-0.25, -0.2) is 4.79 Å². The van der Waals surface area contributed by atoms with Gasteiger partial charge in [-0.05, 0) is 109 Å². The molecule has 0 aromatic carbocycles. The van der Waals surface area contributed by atoms with Crippen LogP contribution in [-0.4, -0.2) is 37.8 Å². The van der Waals surface area contributed by atoms with Crippen molar-refractivity contribution in [3.05, 3.63) is 0 Å². The van der Waals surface area contributed by atoms with E-state index in [1.165, 1.54) is 19.3 Å². The lowest BCUT2D eigenvalue weighted by molar-refractivity contribution is -0.383. The lowest BCUT2D eigenvalue weighted by Crippen LogP contribution is -2.80. The van der Waals surface area contributed by atoms with Gasteiger partial charge in [0.2, 0.25) is 11.4 Å². The molecule has 11 atom stereocenters. The molecule has 0 amide bonds. The minimum absolute atomic E-state index is 0.0357. The maximum atomic E-state index is 12.8. The fourth-order valence-corrected chi connectivity index (χ4v) is 12.4. The van der Waals surface area contributed by atoms with Crippen molar-refractivity contribution in [1.82, 2.24) is 0 Å². The average molecular weight is 505 g/mol.